The number of carbonyl (C=O) groups is 1. The number of fused-ring (bicyclic) bond motifs is 2. The smallest absolute Gasteiger partial charge is 0.292 e. The third-order valence-electron chi connectivity index (χ3n) is 6.54. The molecule has 0 unspecified atom stereocenters. The molecule has 9 heteroatoms. The summed E-state index contributed by atoms with van der Waals surface area (Å²) in [6, 6.07) is 12.0. The minimum Gasteiger partial charge on any atom is -0.424 e. The van der Waals surface area contributed by atoms with Crippen molar-refractivity contribution in [3.63, 3.8) is 0 Å². The van der Waals surface area contributed by atoms with Gasteiger partial charge in [0.1, 0.15) is 11.3 Å². The number of anilines is 2. The molecule has 0 aliphatic carbocycles. The fourth-order valence-corrected chi connectivity index (χ4v) is 4.73. The van der Waals surface area contributed by atoms with E-state index in [-0.39, 0.29) is 18.0 Å². The predicted molar refractivity (Wildman–Crippen MR) is 127 cm³/mol. The van der Waals surface area contributed by atoms with Gasteiger partial charge in [0.15, 0.2) is 5.58 Å². The highest BCUT2D eigenvalue weighted by Gasteiger charge is 2.29. The van der Waals surface area contributed by atoms with Gasteiger partial charge in [-0.1, -0.05) is 12.1 Å². The van der Waals surface area contributed by atoms with E-state index in [1.165, 1.54) is 0 Å². The molecule has 2 aliphatic heterocycles. The van der Waals surface area contributed by atoms with Crippen molar-refractivity contribution in [2.75, 3.05) is 43.4 Å². The summed E-state index contributed by atoms with van der Waals surface area (Å²) in [6.45, 7) is 3.85. The molecule has 1 amide bonds. The van der Waals surface area contributed by atoms with Crippen molar-refractivity contribution in [1.82, 2.24) is 25.2 Å². The largest absolute Gasteiger partial charge is 0.424 e. The second kappa shape index (κ2) is 8.00. The van der Waals surface area contributed by atoms with Crippen molar-refractivity contribution in [1.29, 1.82) is 0 Å². The minimum absolute atomic E-state index is 0.0108. The van der Waals surface area contributed by atoms with Crippen LogP contribution in [-0.2, 0) is 4.79 Å². The van der Waals surface area contributed by atoms with E-state index in [1.807, 2.05) is 47.5 Å². The lowest BCUT2D eigenvalue weighted by Gasteiger charge is -2.36. The second-order valence-corrected chi connectivity index (χ2v) is 8.63. The van der Waals surface area contributed by atoms with Gasteiger partial charge in [0, 0.05) is 26.2 Å². The van der Waals surface area contributed by atoms with Crippen LogP contribution in [0.4, 0.5) is 11.8 Å². The first-order valence-corrected chi connectivity index (χ1v) is 11.3. The first-order valence-electron chi connectivity index (χ1n) is 11.3. The summed E-state index contributed by atoms with van der Waals surface area (Å²) in [7, 11) is 0. The van der Waals surface area contributed by atoms with E-state index < -0.39 is 0 Å². The highest BCUT2D eigenvalue weighted by molar-refractivity contribution is 5.86. The molecule has 0 bridgehead atoms. The Hall–Kier alpha value is -3.72. The molecule has 33 heavy (non-hydrogen) atoms. The lowest BCUT2D eigenvalue weighted by atomic mass is 10.0. The van der Waals surface area contributed by atoms with Crippen LogP contribution in [-0.4, -0.2) is 64.5 Å². The number of rotatable bonds is 3. The lowest BCUT2D eigenvalue weighted by molar-refractivity contribution is -0.133. The average molecular weight is 444 g/mol. The maximum Gasteiger partial charge on any atom is 0.292 e. The van der Waals surface area contributed by atoms with Crippen LogP contribution in [0.15, 0.2) is 47.0 Å². The van der Waals surface area contributed by atoms with Gasteiger partial charge in [-0.15, -0.1) is 0 Å². The number of aromatic nitrogens is 3. The molecule has 2 fully saturated rings. The molecule has 9 nitrogen and oxygen atoms in total. The first kappa shape index (κ1) is 19.9. The number of nitrogens with zero attached hydrogens (tertiary/aromatic N) is 5. The normalized spacial score (nSPS) is 19.0. The predicted octanol–water partition coefficient (Wildman–Crippen LogP) is 2.42. The Morgan fingerprint density at radius 1 is 1.00 bits per heavy atom. The summed E-state index contributed by atoms with van der Waals surface area (Å²) in [5.41, 5.74) is 10.8. The van der Waals surface area contributed by atoms with Crippen molar-refractivity contribution in [3.8, 4) is 11.1 Å². The SMILES string of the molecule is Nc1nc2cc(-c3ccc4ncc(N5CCN(C(=O)[C@@H]6CCCN6)CC5)nc4c3)ccc2o1. The Morgan fingerprint density at radius 2 is 1.79 bits per heavy atom. The van der Waals surface area contributed by atoms with Crippen LogP contribution in [0, 0.1) is 0 Å². The van der Waals surface area contributed by atoms with E-state index in [0.717, 1.165) is 66.0 Å². The van der Waals surface area contributed by atoms with Crippen LogP contribution in [0.3, 0.4) is 0 Å². The number of nitrogens with one attached hydrogen (secondary N) is 1. The zero-order valence-electron chi connectivity index (χ0n) is 18.2. The number of benzene rings is 2. The number of oxazole rings is 1. The number of hydrogen-bond acceptors (Lipinski definition) is 8. The zero-order chi connectivity index (χ0) is 22.4. The minimum atomic E-state index is -0.0108. The van der Waals surface area contributed by atoms with Crippen molar-refractivity contribution >= 4 is 39.9 Å². The van der Waals surface area contributed by atoms with Crippen LogP contribution in [0.25, 0.3) is 33.3 Å². The number of carbonyl (C=O) groups excluding carboxylic acids is 1. The molecule has 1 atom stereocenters. The van der Waals surface area contributed by atoms with E-state index in [0.29, 0.717) is 18.7 Å². The molecule has 2 saturated heterocycles. The highest BCUT2D eigenvalue weighted by Crippen LogP contribution is 2.28. The van der Waals surface area contributed by atoms with Crippen molar-refractivity contribution in [2.24, 2.45) is 0 Å². The van der Waals surface area contributed by atoms with Crippen LogP contribution < -0.4 is 16.0 Å². The fraction of sp³-hybridized carbons (Fsp3) is 0.333. The maximum absolute atomic E-state index is 12.7. The van der Waals surface area contributed by atoms with Gasteiger partial charge in [0.2, 0.25) is 5.91 Å². The Morgan fingerprint density at radius 3 is 2.58 bits per heavy atom. The monoisotopic (exact) mass is 443 g/mol. The molecule has 168 valence electrons. The van der Waals surface area contributed by atoms with Crippen LogP contribution in [0.1, 0.15) is 12.8 Å². The molecule has 0 spiro atoms. The van der Waals surface area contributed by atoms with Gasteiger partial charge in [0.25, 0.3) is 6.01 Å². The van der Waals surface area contributed by atoms with E-state index >= 15 is 0 Å². The van der Waals surface area contributed by atoms with E-state index in [4.69, 9.17) is 15.1 Å². The highest BCUT2D eigenvalue weighted by atomic mass is 16.4. The quantitative estimate of drug-likeness (QED) is 0.496. The summed E-state index contributed by atoms with van der Waals surface area (Å²) in [5, 5.41) is 3.30. The van der Waals surface area contributed by atoms with Gasteiger partial charge in [-0.25, -0.2) is 4.98 Å². The van der Waals surface area contributed by atoms with Gasteiger partial charge < -0.3 is 25.3 Å². The third kappa shape index (κ3) is 3.74. The third-order valence-corrected chi connectivity index (χ3v) is 6.54. The van der Waals surface area contributed by atoms with E-state index in [2.05, 4.69) is 20.2 Å². The molecule has 3 N–H and O–H groups in total. The van der Waals surface area contributed by atoms with Gasteiger partial charge in [-0.05, 0) is 54.8 Å². The first-order chi connectivity index (χ1) is 16.1. The Balaban J connectivity index is 1.22. The number of amides is 1. The van der Waals surface area contributed by atoms with Gasteiger partial charge in [-0.3, -0.25) is 9.78 Å². The maximum atomic E-state index is 12.7. The number of nitrogens with two attached hydrogens (primary N) is 1. The molecule has 0 radical (unpaired) electrons. The standard InChI is InChI=1S/C24H25N7O2/c25-24-29-20-13-16(4-6-21(20)33-24)15-3-5-17-19(12-15)28-22(14-27-17)30-8-10-31(11-9-30)23(32)18-2-1-7-26-18/h3-6,12-14,18,26H,1-2,7-11H2,(H2,25,29)/t18-/m0/s1. The number of piperazine rings is 1. The van der Waals surface area contributed by atoms with Crippen molar-refractivity contribution in [3.05, 3.63) is 42.6 Å². The molecule has 4 heterocycles. The van der Waals surface area contributed by atoms with Crippen molar-refractivity contribution < 1.29 is 9.21 Å². The fourth-order valence-electron chi connectivity index (χ4n) is 4.73. The van der Waals surface area contributed by atoms with E-state index in [1.54, 1.807) is 0 Å². The van der Waals surface area contributed by atoms with Gasteiger partial charge in [0.05, 0.1) is 23.3 Å². The second-order valence-electron chi connectivity index (χ2n) is 8.63. The molecule has 2 aromatic heterocycles. The molecule has 0 saturated carbocycles. The lowest BCUT2D eigenvalue weighted by Crippen LogP contribution is -2.53. The van der Waals surface area contributed by atoms with Crippen LogP contribution in [0.5, 0.6) is 0 Å². The van der Waals surface area contributed by atoms with Gasteiger partial charge >= 0.3 is 0 Å². The van der Waals surface area contributed by atoms with Gasteiger partial charge in [-0.2, -0.15) is 4.98 Å². The van der Waals surface area contributed by atoms with E-state index in [9.17, 15) is 4.79 Å². The van der Waals surface area contributed by atoms with Crippen molar-refractivity contribution in [2.45, 2.75) is 18.9 Å². The number of nitrogen functional groups attached to an aromatic ring is 1. The molecule has 4 aromatic rings. The number of hydrogen-bond donors (Lipinski definition) is 2. The molecular formula is C24H25N7O2. The summed E-state index contributed by atoms with van der Waals surface area (Å²) in [6.07, 6.45) is 3.84. The summed E-state index contributed by atoms with van der Waals surface area (Å²) in [5.74, 6) is 1.07. The summed E-state index contributed by atoms with van der Waals surface area (Å²) >= 11 is 0. The topological polar surface area (TPSA) is 113 Å². The molecule has 2 aromatic carbocycles. The summed E-state index contributed by atoms with van der Waals surface area (Å²) in [4.78, 5) is 30.6. The Kier molecular flexibility index (Phi) is 4.83. The average Bonchev–Trinajstić information content (AvgIpc) is 3.51. The molecule has 6 rings (SSSR count). The zero-order valence-corrected chi connectivity index (χ0v) is 18.2. The summed E-state index contributed by atoms with van der Waals surface area (Å²) < 4.78 is 5.37. The van der Waals surface area contributed by atoms with Crippen LogP contribution >= 0.6 is 0 Å². The van der Waals surface area contributed by atoms with Crippen LogP contribution in [0.2, 0.25) is 0 Å². The Labute approximate surface area is 190 Å². The molecular weight excluding hydrogens is 418 g/mol. The molecule has 2 aliphatic rings. The Bertz CT molecular complexity index is 1340.